The minimum absolute atomic E-state index is 0.260. The molecule has 5 nitrogen and oxygen atoms in total. The number of carbonyl (C=O) groups excluding carboxylic acids is 1. The van der Waals surface area contributed by atoms with Gasteiger partial charge in [0.1, 0.15) is 0 Å². The van der Waals surface area contributed by atoms with Crippen LogP contribution in [0, 0.1) is 0 Å². The first-order valence-corrected chi connectivity index (χ1v) is 4.75. The molecule has 0 fully saturated rings. The number of hydrogen-bond donors (Lipinski definition) is 2. The van der Waals surface area contributed by atoms with Gasteiger partial charge < -0.3 is 11.1 Å². The van der Waals surface area contributed by atoms with Crippen LogP contribution in [0.3, 0.4) is 0 Å². The summed E-state index contributed by atoms with van der Waals surface area (Å²) >= 11 is 0. The zero-order valence-corrected chi connectivity index (χ0v) is 8.15. The fraction of sp³-hybridized carbons (Fsp3) is 0.556. The topological polar surface area (TPSA) is 72.9 Å². The molecule has 0 atom stereocenters. The first kappa shape index (κ1) is 10.7. The lowest BCUT2D eigenvalue weighted by molar-refractivity contribution is -0.117. The SMILES string of the molecule is NC(=O)CCNCCCn1cccn1. The second-order valence-corrected chi connectivity index (χ2v) is 3.09. The molecular weight excluding hydrogens is 180 g/mol. The van der Waals surface area contributed by atoms with Crippen LogP contribution in [0.1, 0.15) is 12.8 Å². The summed E-state index contributed by atoms with van der Waals surface area (Å²) < 4.78 is 1.88. The molecule has 1 aromatic heterocycles. The van der Waals surface area contributed by atoms with E-state index in [1.807, 2.05) is 16.9 Å². The third-order valence-corrected chi connectivity index (χ3v) is 1.85. The van der Waals surface area contributed by atoms with Gasteiger partial charge in [0.05, 0.1) is 0 Å². The molecule has 0 saturated carbocycles. The molecule has 0 unspecified atom stereocenters. The molecule has 1 amide bonds. The Morgan fingerprint density at radius 1 is 1.50 bits per heavy atom. The highest BCUT2D eigenvalue weighted by atomic mass is 16.1. The standard InChI is InChI=1S/C9H16N4O/c10-9(14)3-6-11-4-1-7-13-8-2-5-12-13/h2,5,8,11H,1,3-4,6-7H2,(H2,10,14). The summed E-state index contributed by atoms with van der Waals surface area (Å²) in [6, 6.07) is 1.90. The van der Waals surface area contributed by atoms with Crippen molar-refractivity contribution < 1.29 is 4.79 Å². The number of primary amides is 1. The molecule has 0 spiro atoms. The van der Waals surface area contributed by atoms with Gasteiger partial charge in [-0.25, -0.2) is 0 Å². The van der Waals surface area contributed by atoms with Crippen LogP contribution in [-0.2, 0) is 11.3 Å². The van der Waals surface area contributed by atoms with E-state index >= 15 is 0 Å². The third-order valence-electron chi connectivity index (χ3n) is 1.85. The number of aromatic nitrogens is 2. The summed E-state index contributed by atoms with van der Waals surface area (Å²) in [5, 5.41) is 7.21. The number of rotatable bonds is 7. The van der Waals surface area contributed by atoms with E-state index in [1.54, 1.807) is 6.20 Å². The highest BCUT2D eigenvalue weighted by molar-refractivity contribution is 5.73. The Morgan fingerprint density at radius 2 is 2.36 bits per heavy atom. The third kappa shape index (κ3) is 4.61. The largest absolute Gasteiger partial charge is 0.370 e. The maximum absolute atomic E-state index is 10.4. The molecule has 3 N–H and O–H groups in total. The lowest BCUT2D eigenvalue weighted by Crippen LogP contribution is -2.23. The highest BCUT2D eigenvalue weighted by Crippen LogP contribution is 1.87. The van der Waals surface area contributed by atoms with Crippen molar-refractivity contribution in [2.45, 2.75) is 19.4 Å². The Bertz CT molecular complexity index is 258. The van der Waals surface area contributed by atoms with Crippen LogP contribution in [0.5, 0.6) is 0 Å². The van der Waals surface area contributed by atoms with Crippen molar-refractivity contribution in [2.24, 2.45) is 5.73 Å². The van der Waals surface area contributed by atoms with Gasteiger partial charge in [-0.05, 0) is 19.0 Å². The summed E-state index contributed by atoms with van der Waals surface area (Å²) in [5.74, 6) is -0.260. The van der Waals surface area contributed by atoms with Crippen molar-refractivity contribution >= 4 is 5.91 Å². The van der Waals surface area contributed by atoms with Crippen molar-refractivity contribution in [1.29, 1.82) is 0 Å². The molecule has 0 saturated heterocycles. The van der Waals surface area contributed by atoms with Crippen LogP contribution in [0.4, 0.5) is 0 Å². The summed E-state index contributed by atoms with van der Waals surface area (Å²) in [5.41, 5.74) is 4.99. The maximum atomic E-state index is 10.4. The van der Waals surface area contributed by atoms with Gasteiger partial charge in [0.15, 0.2) is 0 Å². The van der Waals surface area contributed by atoms with Gasteiger partial charge in [-0.3, -0.25) is 9.48 Å². The maximum Gasteiger partial charge on any atom is 0.218 e. The second-order valence-electron chi connectivity index (χ2n) is 3.09. The number of aryl methyl sites for hydroxylation is 1. The molecule has 78 valence electrons. The molecule has 1 rings (SSSR count). The zero-order valence-electron chi connectivity index (χ0n) is 8.15. The molecule has 0 aliphatic rings. The van der Waals surface area contributed by atoms with Crippen molar-refractivity contribution in [3.8, 4) is 0 Å². The van der Waals surface area contributed by atoms with Crippen LogP contribution in [0.25, 0.3) is 0 Å². The fourth-order valence-electron chi connectivity index (χ4n) is 1.14. The van der Waals surface area contributed by atoms with Crippen molar-refractivity contribution in [1.82, 2.24) is 15.1 Å². The second kappa shape index (κ2) is 6.15. The molecule has 0 aromatic carbocycles. The Hall–Kier alpha value is -1.36. The number of nitrogens with two attached hydrogens (primary N) is 1. The van der Waals surface area contributed by atoms with Gasteiger partial charge in [-0.1, -0.05) is 0 Å². The average molecular weight is 196 g/mol. The highest BCUT2D eigenvalue weighted by Gasteiger charge is 1.93. The number of amides is 1. The van der Waals surface area contributed by atoms with E-state index in [4.69, 9.17) is 5.73 Å². The quantitative estimate of drug-likeness (QED) is 0.590. The molecule has 14 heavy (non-hydrogen) atoms. The smallest absolute Gasteiger partial charge is 0.218 e. The summed E-state index contributed by atoms with van der Waals surface area (Å²) in [4.78, 5) is 10.4. The van der Waals surface area contributed by atoms with E-state index in [1.165, 1.54) is 0 Å². The van der Waals surface area contributed by atoms with E-state index in [0.29, 0.717) is 13.0 Å². The van der Waals surface area contributed by atoms with Gasteiger partial charge in [0.2, 0.25) is 5.91 Å². The Morgan fingerprint density at radius 3 is 3.00 bits per heavy atom. The van der Waals surface area contributed by atoms with E-state index in [0.717, 1.165) is 19.5 Å². The minimum Gasteiger partial charge on any atom is -0.370 e. The number of hydrogen-bond acceptors (Lipinski definition) is 3. The van der Waals surface area contributed by atoms with Gasteiger partial charge in [-0.15, -0.1) is 0 Å². The fourth-order valence-corrected chi connectivity index (χ4v) is 1.14. The van der Waals surface area contributed by atoms with Crippen LogP contribution < -0.4 is 11.1 Å². The predicted molar refractivity (Wildman–Crippen MR) is 53.5 cm³/mol. The summed E-state index contributed by atoms with van der Waals surface area (Å²) in [6.45, 7) is 2.44. The zero-order chi connectivity index (χ0) is 10.2. The van der Waals surface area contributed by atoms with Crippen LogP contribution in [-0.4, -0.2) is 28.8 Å². The van der Waals surface area contributed by atoms with Gasteiger partial charge in [0, 0.05) is 31.9 Å². The minimum atomic E-state index is -0.260. The summed E-state index contributed by atoms with van der Waals surface area (Å²) in [7, 11) is 0. The Labute approximate surface area is 83.3 Å². The van der Waals surface area contributed by atoms with E-state index in [2.05, 4.69) is 10.4 Å². The molecule has 0 aliphatic carbocycles. The number of nitrogens with zero attached hydrogens (tertiary/aromatic N) is 2. The van der Waals surface area contributed by atoms with Gasteiger partial charge in [-0.2, -0.15) is 5.10 Å². The molecule has 1 aromatic rings. The molecule has 0 bridgehead atoms. The lowest BCUT2D eigenvalue weighted by Gasteiger charge is -2.03. The lowest BCUT2D eigenvalue weighted by atomic mass is 10.4. The van der Waals surface area contributed by atoms with Crippen molar-refractivity contribution in [2.75, 3.05) is 13.1 Å². The molecule has 0 radical (unpaired) electrons. The van der Waals surface area contributed by atoms with Crippen LogP contribution in [0.15, 0.2) is 18.5 Å². The molecule has 5 heteroatoms. The molecule has 1 heterocycles. The van der Waals surface area contributed by atoms with Gasteiger partial charge >= 0.3 is 0 Å². The monoisotopic (exact) mass is 196 g/mol. The predicted octanol–water partition coefficient (Wildman–Crippen LogP) is -0.262. The summed E-state index contributed by atoms with van der Waals surface area (Å²) in [6.07, 6.45) is 5.10. The Balaban J connectivity index is 1.92. The average Bonchev–Trinajstić information content (AvgIpc) is 2.63. The van der Waals surface area contributed by atoms with E-state index in [9.17, 15) is 4.79 Å². The number of nitrogens with one attached hydrogen (secondary N) is 1. The first-order valence-electron chi connectivity index (χ1n) is 4.75. The van der Waals surface area contributed by atoms with E-state index in [-0.39, 0.29) is 5.91 Å². The normalized spacial score (nSPS) is 10.3. The van der Waals surface area contributed by atoms with Crippen LogP contribution >= 0.6 is 0 Å². The van der Waals surface area contributed by atoms with Crippen molar-refractivity contribution in [3.63, 3.8) is 0 Å². The molecule has 0 aliphatic heterocycles. The van der Waals surface area contributed by atoms with Crippen LogP contribution in [0.2, 0.25) is 0 Å². The van der Waals surface area contributed by atoms with Gasteiger partial charge in [0.25, 0.3) is 0 Å². The van der Waals surface area contributed by atoms with E-state index < -0.39 is 0 Å². The molecular formula is C9H16N4O. The number of carbonyl (C=O) groups is 1. The Kier molecular flexibility index (Phi) is 4.71. The first-order chi connectivity index (χ1) is 6.79. The van der Waals surface area contributed by atoms with Crippen molar-refractivity contribution in [3.05, 3.63) is 18.5 Å².